The summed E-state index contributed by atoms with van der Waals surface area (Å²) in [6.45, 7) is 2.66. The second kappa shape index (κ2) is 8.50. The molecule has 0 atom stereocenters. The Morgan fingerprint density at radius 1 is 1.07 bits per heavy atom. The zero-order valence-corrected chi connectivity index (χ0v) is 16.1. The SMILES string of the molecule is O=C(CN1CCOc2ccccc2C1)NCc1ccc(-c2ccc(Cl)cc2)o1. The largest absolute Gasteiger partial charge is 0.492 e. The number of carbonyl (C=O) groups excluding carboxylic acids is 1. The number of carbonyl (C=O) groups is 1. The standard InChI is InChI=1S/C22H21ClN2O3/c23-18-7-5-16(6-8-18)21-10-9-19(28-21)13-24-22(26)15-25-11-12-27-20-4-2-1-3-17(20)14-25/h1-10H,11-15H2,(H,24,26). The van der Waals surface area contributed by atoms with Crippen molar-refractivity contribution in [1.29, 1.82) is 0 Å². The van der Waals surface area contributed by atoms with E-state index in [4.69, 9.17) is 20.8 Å². The van der Waals surface area contributed by atoms with Crippen molar-refractivity contribution < 1.29 is 13.9 Å². The lowest BCUT2D eigenvalue weighted by Gasteiger charge is -2.18. The highest BCUT2D eigenvalue weighted by Crippen LogP contribution is 2.24. The summed E-state index contributed by atoms with van der Waals surface area (Å²) in [4.78, 5) is 14.5. The van der Waals surface area contributed by atoms with Crippen molar-refractivity contribution in [1.82, 2.24) is 10.2 Å². The maximum atomic E-state index is 12.4. The van der Waals surface area contributed by atoms with Crippen LogP contribution in [-0.2, 0) is 17.9 Å². The Bertz CT molecular complexity index is 952. The number of benzene rings is 2. The van der Waals surface area contributed by atoms with E-state index in [-0.39, 0.29) is 5.91 Å². The van der Waals surface area contributed by atoms with Gasteiger partial charge in [-0.05, 0) is 42.5 Å². The van der Waals surface area contributed by atoms with Crippen LogP contribution in [0, 0.1) is 0 Å². The summed E-state index contributed by atoms with van der Waals surface area (Å²) in [5.74, 6) is 2.32. The van der Waals surface area contributed by atoms with Crippen LogP contribution in [0.4, 0.5) is 0 Å². The van der Waals surface area contributed by atoms with Gasteiger partial charge >= 0.3 is 0 Å². The zero-order valence-electron chi connectivity index (χ0n) is 15.4. The number of rotatable bonds is 5. The van der Waals surface area contributed by atoms with Gasteiger partial charge in [-0.2, -0.15) is 0 Å². The van der Waals surface area contributed by atoms with E-state index in [1.807, 2.05) is 60.7 Å². The van der Waals surface area contributed by atoms with Gasteiger partial charge in [-0.25, -0.2) is 0 Å². The van der Waals surface area contributed by atoms with Gasteiger partial charge in [-0.15, -0.1) is 0 Å². The molecule has 4 rings (SSSR count). The van der Waals surface area contributed by atoms with Crippen LogP contribution in [0.3, 0.4) is 0 Å². The molecule has 1 aliphatic heterocycles. The summed E-state index contributed by atoms with van der Waals surface area (Å²) in [6, 6.07) is 19.2. The van der Waals surface area contributed by atoms with Crippen molar-refractivity contribution in [3.63, 3.8) is 0 Å². The molecule has 1 N–H and O–H groups in total. The Morgan fingerprint density at radius 2 is 1.89 bits per heavy atom. The highest BCUT2D eigenvalue weighted by molar-refractivity contribution is 6.30. The molecule has 1 aromatic heterocycles. The van der Waals surface area contributed by atoms with E-state index >= 15 is 0 Å². The van der Waals surface area contributed by atoms with Crippen LogP contribution in [0.15, 0.2) is 65.1 Å². The molecule has 6 heteroatoms. The van der Waals surface area contributed by atoms with Crippen molar-refractivity contribution in [3.05, 3.63) is 77.0 Å². The van der Waals surface area contributed by atoms with Gasteiger partial charge in [-0.3, -0.25) is 9.69 Å². The van der Waals surface area contributed by atoms with Crippen LogP contribution < -0.4 is 10.1 Å². The van der Waals surface area contributed by atoms with Gasteiger partial charge in [0.25, 0.3) is 0 Å². The van der Waals surface area contributed by atoms with Gasteiger partial charge in [0, 0.05) is 29.2 Å². The summed E-state index contributed by atoms with van der Waals surface area (Å²) in [6.07, 6.45) is 0. The maximum Gasteiger partial charge on any atom is 0.234 e. The molecule has 0 spiro atoms. The molecule has 0 radical (unpaired) electrons. The van der Waals surface area contributed by atoms with Crippen LogP contribution in [0.25, 0.3) is 11.3 Å². The van der Waals surface area contributed by atoms with Gasteiger partial charge < -0.3 is 14.5 Å². The number of furan rings is 1. The molecule has 0 saturated carbocycles. The number of nitrogens with one attached hydrogen (secondary N) is 1. The van der Waals surface area contributed by atoms with Crippen LogP contribution in [-0.4, -0.2) is 30.5 Å². The Hall–Kier alpha value is -2.76. The highest BCUT2D eigenvalue weighted by Gasteiger charge is 2.17. The molecule has 0 unspecified atom stereocenters. The number of fused-ring (bicyclic) bond motifs is 1. The fraction of sp³-hybridized carbons (Fsp3) is 0.227. The van der Waals surface area contributed by atoms with E-state index in [2.05, 4.69) is 10.2 Å². The second-order valence-corrected chi connectivity index (χ2v) is 7.15. The normalized spacial score (nSPS) is 14.0. The predicted octanol–water partition coefficient (Wildman–Crippen LogP) is 4.11. The Morgan fingerprint density at radius 3 is 2.75 bits per heavy atom. The van der Waals surface area contributed by atoms with Crippen molar-refractivity contribution >= 4 is 17.5 Å². The van der Waals surface area contributed by atoms with Gasteiger partial charge in [0.2, 0.25) is 5.91 Å². The first-order valence-electron chi connectivity index (χ1n) is 9.22. The summed E-state index contributed by atoms with van der Waals surface area (Å²) < 4.78 is 11.6. The van der Waals surface area contributed by atoms with E-state index in [9.17, 15) is 4.79 Å². The fourth-order valence-electron chi connectivity index (χ4n) is 3.20. The quantitative estimate of drug-likeness (QED) is 0.705. The Balaban J connectivity index is 1.31. The lowest BCUT2D eigenvalue weighted by Crippen LogP contribution is -2.37. The lowest BCUT2D eigenvalue weighted by atomic mass is 10.2. The third-order valence-electron chi connectivity index (χ3n) is 4.65. The molecule has 28 heavy (non-hydrogen) atoms. The number of nitrogens with zero attached hydrogens (tertiary/aromatic N) is 1. The van der Waals surface area contributed by atoms with Gasteiger partial charge in [0.15, 0.2) is 0 Å². The van der Waals surface area contributed by atoms with Crippen molar-refractivity contribution in [2.75, 3.05) is 19.7 Å². The highest BCUT2D eigenvalue weighted by atomic mass is 35.5. The van der Waals surface area contributed by atoms with Crippen LogP contribution in [0.5, 0.6) is 5.75 Å². The first-order chi connectivity index (χ1) is 13.7. The molecular weight excluding hydrogens is 376 g/mol. The molecule has 0 fully saturated rings. The van der Waals surface area contributed by atoms with Crippen LogP contribution in [0.1, 0.15) is 11.3 Å². The molecule has 1 aliphatic rings. The first-order valence-corrected chi connectivity index (χ1v) is 9.59. The minimum Gasteiger partial charge on any atom is -0.492 e. The van der Waals surface area contributed by atoms with Crippen molar-refractivity contribution in [2.24, 2.45) is 0 Å². The average molecular weight is 397 g/mol. The summed E-state index contributed by atoms with van der Waals surface area (Å²) in [5.41, 5.74) is 2.05. The van der Waals surface area contributed by atoms with Crippen molar-refractivity contribution in [3.8, 4) is 17.1 Å². The molecule has 2 aromatic carbocycles. The van der Waals surface area contributed by atoms with E-state index in [1.54, 1.807) is 0 Å². The number of para-hydroxylation sites is 1. The second-order valence-electron chi connectivity index (χ2n) is 6.72. The smallest absolute Gasteiger partial charge is 0.234 e. The number of ether oxygens (including phenoxy) is 1. The van der Waals surface area contributed by atoms with Gasteiger partial charge in [0.1, 0.15) is 23.9 Å². The van der Waals surface area contributed by atoms with Crippen LogP contribution in [0.2, 0.25) is 5.02 Å². The van der Waals surface area contributed by atoms with E-state index < -0.39 is 0 Å². The third-order valence-corrected chi connectivity index (χ3v) is 4.90. The fourth-order valence-corrected chi connectivity index (χ4v) is 3.33. The minimum absolute atomic E-state index is 0.0381. The molecule has 144 valence electrons. The number of amides is 1. The molecule has 1 amide bonds. The predicted molar refractivity (Wildman–Crippen MR) is 108 cm³/mol. The molecular formula is C22H21ClN2O3. The lowest BCUT2D eigenvalue weighted by molar-refractivity contribution is -0.122. The number of hydrogen-bond donors (Lipinski definition) is 1. The molecule has 2 heterocycles. The molecule has 0 aliphatic carbocycles. The molecule has 0 saturated heterocycles. The number of hydrogen-bond acceptors (Lipinski definition) is 4. The zero-order chi connectivity index (χ0) is 19.3. The summed E-state index contributed by atoms with van der Waals surface area (Å²) in [5, 5.41) is 3.61. The van der Waals surface area contributed by atoms with Crippen molar-refractivity contribution in [2.45, 2.75) is 13.1 Å². The number of halogens is 1. The summed E-state index contributed by atoms with van der Waals surface area (Å²) >= 11 is 5.92. The first kappa shape index (κ1) is 18.6. The average Bonchev–Trinajstić information content (AvgIpc) is 3.08. The van der Waals surface area contributed by atoms with Crippen LogP contribution >= 0.6 is 11.6 Å². The van der Waals surface area contributed by atoms with E-state index in [0.29, 0.717) is 43.6 Å². The molecule has 0 bridgehead atoms. The maximum absolute atomic E-state index is 12.4. The monoisotopic (exact) mass is 396 g/mol. The topological polar surface area (TPSA) is 54.7 Å². The third kappa shape index (κ3) is 4.55. The summed E-state index contributed by atoms with van der Waals surface area (Å²) in [7, 11) is 0. The van der Waals surface area contributed by atoms with Gasteiger partial charge in [0.05, 0.1) is 13.1 Å². The Kier molecular flexibility index (Phi) is 5.65. The Labute approximate surface area is 168 Å². The minimum atomic E-state index is -0.0381. The molecule has 3 aromatic rings. The van der Waals surface area contributed by atoms with Gasteiger partial charge in [-0.1, -0.05) is 29.8 Å². The molecule has 5 nitrogen and oxygen atoms in total. The van der Waals surface area contributed by atoms with E-state index in [1.165, 1.54) is 0 Å². The van der Waals surface area contributed by atoms with E-state index in [0.717, 1.165) is 22.6 Å².